The first-order valence-corrected chi connectivity index (χ1v) is 20.9. The zero-order chi connectivity index (χ0) is 42.6. The highest BCUT2D eigenvalue weighted by atomic mass is 16.3. The van der Waals surface area contributed by atoms with Gasteiger partial charge in [0.25, 0.3) is 0 Å². The highest BCUT2D eigenvalue weighted by molar-refractivity contribution is 5.39. The summed E-state index contributed by atoms with van der Waals surface area (Å²) >= 11 is 0. The third-order valence-corrected chi connectivity index (χ3v) is 10.9. The standard InChI is InChI=1S/2C27H40O/c2*1-20(2)23(5)15-10-9-12-21(3)13-11-14-22(4)16-17-26-24(6)18-25(28)19-27(26,7)8/h2*9-17,20,25,28H,18-19H2,1-8H3/b2*10-9+,13-11+,17-16+,21-12+,22-14+,23-15+/t2*25-/m10/s1. The molecule has 2 aliphatic rings. The Balaban J connectivity index is 0.000000560. The lowest BCUT2D eigenvalue weighted by atomic mass is 9.71. The zero-order valence-corrected chi connectivity index (χ0v) is 38.4. The third-order valence-electron chi connectivity index (χ3n) is 10.9. The summed E-state index contributed by atoms with van der Waals surface area (Å²) in [6, 6.07) is 0. The second kappa shape index (κ2) is 24.8. The zero-order valence-electron chi connectivity index (χ0n) is 38.4. The molecule has 0 aromatic rings. The molecule has 0 aliphatic heterocycles. The third kappa shape index (κ3) is 19.9. The number of hydrogen-bond acceptors (Lipinski definition) is 2. The van der Waals surface area contributed by atoms with E-state index in [1.807, 2.05) is 0 Å². The molecule has 2 heteroatoms. The maximum Gasteiger partial charge on any atom is 0.0585 e. The van der Waals surface area contributed by atoms with Gasteiger partial charge in [-0.25, -0.2) is 0 Å². The molecule has 0 saturated carbocycles. The molecule has 0 saturated heterocycles. The van der Waals surface area contributed by atoms with Crippen LogP contribution in [0.3, 0.4) is 0 Å². The van der Waals surface area contributed by atoms with Crippen molar-refractivity contribution in [2.45, 2.75) is 149 Å². The number of aliphatic hydroxyl groups excluding tert-OH is 2. The van der Waals surface area contributed by atoms with E-state index in [4.69, 9.17) is 0 Å². The molecule has 0 spiro atoms. The van der Waals surface area contributed by atoms with E-state index in [9.17, 15) is 10.2 Å². The van der Waals surface area contributed by atoms with Crippen molar-refractivity contribution in [3.05, 3.63) is 165 Å². The molecule has 0 aromatic carbocycles. The van der Waals surface area contributed by atoms with E-state index in [1.165, 1.54) is 55.7 Å². The number of allylic oxidation sites excluding steroid dienone is 26. The van der Waals surface area contributed by atoms with Gasteiger partial charge in [0, 0.05) is 0 Å². The lowest BCUT2D eigenvalue weighted by Crippen LogP contribution is -2.28. The molecule has 2 N–H and O–H groups in total. The molecule has 0 amide bonds. The van der Waals surface area contributed by atoms with Gasteiger partial charge in [-0.2, -0.15) is 0 Å². The monoisotopic (exact) mass is 761 g/mol. The number of hydrogen-bond donors (Lipinski definition) is 2. The summed E-state index contributed by atoms with van der Waals surface area (Å²) in [5.74, 6) is 1.19. The van der Waals surface area contributed by atoms with Gasteiger partial charge in [0.1, 0.15) is 0 Å². The van der Waals surface area contributed by atoms with Crippen molar-refractivity contribution >= 4 is 0 Å². The first-order chi connectivity index (χ1) is 26.0. The van der Waals surface area contributed by atoms with Crippen LogP contribution >= 0.6 is 0 Å². The van der Waals surface area contributed by atoms with Gasteiger partial charge in [-0.15, -0.1) is 0 Å². The SMILES string of the molecule is CC1=C(/C=C/C(C)=C/C=C/C(C)=C/C=C/C=C(\C)C(C)C)C(C)(C)C[C@@H](O)C1.CC1=C(/C=C/C(C)=C/C=C/C(C)=C/C=C/C=C(\C)C(C)C)C(C)(C)C[C@H](O)C1. The minimum Gasteiger partial charge on any atom is -0.393 e. The van der Waals surface area contributed by atoms with Crippen molar-refractivity contribution < 1.29 is 10.2 Å². The first-order valence-electron chi connectivity index (χ1n) is 20.9. The second-order valence-electron chi connectivity index (χ2n) is 18.2. The summed E-state index contributed by atoms with van der Waals surface area (Å²) < 4.78 is 0. The Hall–Kier alpha value is -3.72. The van der Waals surface area contributed by atoms with Crippen LogP contribution in [0.4, 0.5) is 0 Å². The lowest BCUT2D eigenvalue weighted by Gasteiger charge is -2.35. The molecule has 0 bridgehead atoms. The van der Waals surface area contributed by atoms with Crippen LogP contribution in [0.5, 0.6) is 0 Å². The Kier molecular flexibility index (Phi) is 22.3. The highest BCUT2D eigenvalue weighted by Gasteiger charge is 2.32. The predicted molar refractivity (Wildman–Crippen MR) is 251 cm³/mol. The molecule has 0 heterocycles. The average molecular weight is 761 g/mol. The van der Waals surface area contributed by atoms with E-state index < -0.39 is 0 Å². The smallest absolute Gasteiger partial charge is 0.0585 e. The Morgan fingerprint density at radius 3 is 1.07 bits per heavy atom. The van der Waals surface area contributed by atoms with Gasteiger partial charge in [0.15, 0.2) is 0 Å². The Bertz CT molecular complexity index is 1590. The van der Waals surface area contributed by atoms with Gasteiger partial charge in [0.05, 0.1) is 12.2 Å². The molecule has 2 rings (SSSR count). The number of rotatable bonds is 14. The molecular weight excluding hydrogens is 681 g/mol. The van der Waals surface area contributed by atoms with Gasteiger partial charge in [-0.05, 0) is 115 Å². The van der Waals surface area contributed by atoms with Gasteiger partial charge >= 0.3 is 0 Å². The Labute approximate surface area is 345 Å². The average Bonchev–Trinajstić information content (AvgIpc) is 3.06. The molecule has 0 radical (unpaired) electrons. The van der Waals surface area contributed by atoms with Crippen molar-refractivity contribution in [1.29, 1.82) is 0 Å². The molecule has 0 unspecified atom stereocenters. The summed E-state index contributed by atoms with van der Waals surface area (Å²) in [7, 11) is 0. The Morgan fingerprint density at radius 1 is 0.482 bits per heavy atom. The maximum atomic E-state index is 10.0. The number of aliphatic hydroxyl groups is 2. The highest BCUT2D eigenvalue weighted by Crippen LogP contribution is 2.42. The quantitative estimate of drug-likeness (QED) is 0.173. The van der Waals surface area contributed by atoms with E-state index in [1.54, 1.807) is 0 Å². The molecule has 0 aromatic heterocycles. The van der Waals surface area contributed by atoms with Crippen LogP contribution in [0.15, 0.2) is 165 Å². The minimum atomic E-state index is -0.208. The van der Waals surface area contributed by atoms with Crippen molar-refractivity contribution in [3.63, 3.8) is 0 Å². The molecule has 2 atom stereocenters. The Morgan fingerprint density at radius 2 is 0.768 bits per heavy atom. The van der Waals surface area contributed by atoms with Crippen LogP contribution in [0.25, 0.3) is 0 Å². The fraction of sp³-hybridized carbons (Fsp3) is 0.481. The topological polar surface area (TPSA) is 40.5 Å². The molecule has 2 nitrogen and oxygen atoms in total. The van der Waals surface area contributed by atoms with Gasteiger partial charge in [-0.1, -0.05) is 209 Å². The van der Waals surface area contributed by atoms with Gasteiger partial charge in [-0.3, -0.25) is 0 Å². The molecule has 56 heavy (non-hydrogen) atoms. The maximum absolute atomic E-state index is 10.0. The van der Waals surface area contributed by atoms with Crippen LogP contribution in [-0.4, -0.2) is 22.4 Å². The summed E-state index contributed by atoms with van der Waals surface area (Å²) in [6.07, 6.45) is 41.4. The minimum absolute atomic E-state index is 0.0302. The molecular formula is C54H80O2. The van der Waals surface area contributed by atoms with Crippen molar-refractivity contribution in [2.75, 3.05) is 0 Å². The summed E-state index contributed by atoms with van der Waals surface area (Å²) in [5, 5.41) is 20.0. The van der Waals surface area contributed by atoms with E-state index in [-0.39, 0.29) is 23.0 Å². The van der Waals surface area contributed by atoms with Gasteiger partial charge in [0.2, 0.25) is 0 Å². The molecule has 308 valence electrons. The molecule has 0 fully saturated rings. The first kappa shape index (κ1) is 50.3. The predicted octanol–water partition coefficient (Wildman–Crippen LogP) is 15.3. The van der Waals surface area contributed by atoms with E-state index >= 15 is 0 Å². The van der Waals surface area contributed by atoms with Crippen LogP contribution in [0, 0.1) is 22.7 Å². The summed E-state index contributed by atoms with van der Waals surface area (Å²) in [4.78, 5) is 0. The fourth-order valence-electron chi connectivity index (χ4n) is 6.93. The van der Waals surface area contributed by atoms with Crippen molar-refractivity contribution in [1.82, 2.24) is 0 Å². The van der Waals surface area contributed by atoms with Crippen molar-refractivity contribution in [3.8, 4) is 0 Å². The van der Waals surface area contributed by atoms with E-state index in [0.29, 0.717) is 11.8 Å². The summed E-state index contributed by atoms with van der Waals surface area (Å²) in [6.45, 7) is 34.8. The van der Waals surface area contributed by atoms with Crippen molar-refractivity contribution in [2.24, 2.45) is 22.7 Å². The van der Waals surface area contributed by atoms with Crippen LogP contribution in [0.1, 0.15) is 136 Å². The van der Waals surface area contributed by atoms with Crippen LogP contribution in [0.2, 0.25) is 0 Å². The normalized spacial score (nSPS) is 22.5. The fourth-order valence-corrected chi connectivity index (χ4v) is 6.93. The molecule has 2 aliphatic carbocycles. The van der Waals surface area contributed by atoms with E-state index in [2.05, 4.69) is 220 Å². The van der Waals surface area contributed by atoms with Crippen LogP contribution in [-0.2, 0) is 0 Å². The lowest BCUT2D eigenvalue weighted by molar-refractivity contribution is 0.116. The van der Waals surface area contributed by atoms with Crippen LogP contribution < -0.4 is 0 Å². The van der Waals surface area contributed by atoms with Gasteiger partial charge < -0.3 is 10.2 Å². The van der Waals surface area contributed by atoms with E-state index in [0.717, 1.165) is 25.7 Å². The second-order valence-corrected chi connectivity index (χ2v) is 18.2. The largest absolute Gasteiger partial charge is 0.393 e. The summed E-state index contributed by atoms with van der Waals surface area (Å²) in [5.41, 5.74) is 13.1.